The van der Waals surface area contributed by atoms with Crippen molar-refractivity contribution in [1.82, 2.24) is 20.4 Å². The molecule has 1 unspecified atom stereocenters. The molecule has 2 aromatic carbocycles. The second-order valence-corrected chi connectivity index (χ2v) is 6.65. The van der Waals surface area contributed by atoms with Crippen LogP contribution in [0.1, 0.15) is 33.4 Å². The summed E-state index contributed by atoms with van der Waals surface area (Å²) in [7, 11) is 1.39. The van der Waals surface area contributed by atoms with E-state index in [1.165, 1.54) is 7.05 Å². The van der Waals surface area contributed by atoms with E-state index < -0.39 is 24.0 Å². The first kappa shape index (κ1) is 20.8. The number of nitrogens with one attached hydrogen (secondary N) is 2. The lowest BCUT2D eigenvalue weighted by atomic mass is 10.1. The molecule has 0 aliphatic carbocycles. The van der Waals surface area contributed by atoms with Crippen LogP contribution >= 0.6 is 0 Å². The van der Waals surface area contributed by atoms with Gasteiger partial charge in [-0.25, -0.2) is 14.3 Å². The second-order valence-electron chi connectivity index (χ2n) is 6.65. The minimum Gasteiger partial charge on any atom is -0.444 e. The molecule has 0 bridgehead atoms. The fraction of sp³-hybridized carbons (Fsp3) is 0.182. The summed E-state index contributed by atoms with van der Waals surface area (Å²) in [6, 6.07) is 16.5. The molecule has 8 nitrogen and oxygen atoms in total. The van der Waals surface area contributed by atoms with Gasteiger partial charge in [-0.1, -0.05) is 30.3 Å². The highest BCUT2D eigenvalue weighted by molar-refractivity contribution is 5.99. The largest absolute Gasteiger partial charge is 0.444 e. The highest BCUT2D eigenvalue weighted by Gasteiger charge is 2.27. The van der Waals surface area contributed by atoms with Crippen LogP contribution in [0.15, 0.2) is 60.7 Å². The summed E-state index contributed by atoms with van der Waals surface area (Å²) in [6.07, 6.45) is -1.27. The maximum absolute atomic E-state index is 12.7. The van der Waals surface area contributed by atoms with E-state index in [9.17, 15) is 14.4 Å². The number of benzene rings is 2. The third kappa shape index (κ3) is 4.72. The number of hydrogen-bond donors (Lipinski definition) is 2. The van der Waals surface area contributed by atoms with Crippen molar-refractivity contribution in [2.45, 2.75) is 20.0 Å². The van der Waals surface area contributed by atoms with Gasteiger partial charge in [-0.15, -0.1) is 0 Å². The van der Waals surface area contributed by atoms with Crippen LogP contribution in [0.3, 0.4) is 0 Å². The summed E-state index contributed by atoms with van der Waals surface area (Å²) in [5.41, 5.74) is 3.39. The van der Waals surface area contributed by atoms with Crippen molar-refractivity contribution in [3.8, 4) is 5.69 Å². The van der Waals surface area contributed by atoms with Crippen molar-refractivity contribution in [3.63, 3.8) is 0 Å². The topological polar surface area (TPSA) is 102 Å². The molecule has 0 aliphatic rings. The van der Waals surface area contributed by atoms with Gasteiger partial charge in [0.1, 0.15) is 0 Å². The van der Waals surface area contributed by atoms with Crippen molar-refractivity contribution < 1.29 is 19.1 Å². The molecule has 1 atom stereocenters. The van der Waals surface area contributed by atoms with E-state index in [2.05, 4.69) is 15.7 Å². The minimum atomic E-state index is -1.27. The Kier molecular flexibility index (Phi) is 6.26. The zero-order valence-electron chi connectivity index (χ0n) is 16.9. The number of amides is 3. The maximum atomic E-state index is 12.7. The van der Waals surface area contributed by atoms with Gasteiger partial charge < -0.3 is 10.1 Å². The van der Waals surface area contributed by atoms with E-state index in [1.54, 1.807) is 59.3 Å². The molecule has 154 valence electrons. The van der Waals surface area contributed by atoms with Crippen molar-refractivity contribution >= 4 is 17.9 Å². The van der Waals surface area contributed by atoms with E-state index in [4.69, 9.17) is 4.74 Å². The molecule has 0 saturated heterocycles. The quantitative estimate of drug-likeness (QED) is 0.635. The third-order valence-electron chi connectivity index (χ3n) is 4.39. The molecule has 3 amide bonds. The van der Waals surface area contributed by atoms with E-state index in [0.29, 0.717) is 5.56 Å². The summed E-state index contributed by atoms with van der Waals surface area (Å²) in [4.78, 5) is 36.7. The molecule has 2 N–H and O–H groups in total. The Morgan fingerprint density at radius 3 is 2.23 bits per heavy atom. The lowest BCUT2D eigenvalue weighted by Gasteiger charge is -2.17. The zero-order valence-corrected chi connectivity index (χ0v) is 16.9. The van der Waals surface area contributed by atoms with Gasteiger partial charge in [-0.3, -0.25) is 10.1 Å². The molecule has 0 spiro atoms. The van der Waals surface area contributed by atoms with Crippen molar-refractivity contribution in [2.24, 2.45) is 0 Å². The standard InChI is InChI=1S/C22H22N4O4/c1-14-13-15(2)26(25-14)18-11-9-17(10-12-18)21(28)30-19(16-7-5-4-6-8-16)20(27)24-22(29)23-3/h4-13,19H,1-3H3,(H2,23,24,27,29). The zero-order chi connectivity index (χ0) is 21.7. The highest BCUT2D eigenvalue weighted by Crippen LogP contribution is 2.20. The first-order valence-corrected chi connectivity index (χ1v) is 9.31. The highest BCUT2D eigenvalue weighted by atomic mass is 16.5. The SMILES string of the molecule is CNC(=O)NC(=O)C(OC(=O)c1ccc(-n2nc(C)cc2C)cc1)c1ccccc1. The van der Waals surface area contributed by atoms with Crippen LogP contribution in [-0.2, 0) is 9.53 Å². The summed E-state index contributed by atoms with van der Waals surface area (Å²) >= 11 is 0. The number of rotatable bonds is 5. The number of carbonyl (C=O) groups excluding carboxylic acids is 3. The summed E-state index contributed by atoms with van der Waals surface area (Å²) in [5.74, 6) is -1.43. The van der Waals surface area contributed by atoms with E-state index >= 15 is 0 Å². The average Bonchev–Trinajstić information content (AvgIpc) is 3.10. The fourth-order valence-electron chi connectivity index (χ4n) is 2.94. The monoisotopic (exact) mass is 406 g/mol. The summed E-state index contributed by atoms with van der Waals surface area (Å²) in [6.45, 7) is 3.85. The fourth-order valence-corrected chi connectivity index (χ4v) is 2.94. The number of esters is 1. The van der Waals surface area contributed by atoms with Crippen molar-refractivity contribution in [1.29, 1.82) is 0 Å². The number of urea groups is 1. The van der Waals surface area contributed by atoms with Gasteiger partial charge >= 0.3 is 12.0 Å². The Morgan fingerprint density at radius 2 is 1.67 bits per heavy atom. The smallest absolute Gasteiger partial charge is 0.339 e. The first-order valence-electron chi connectivity index (χ1n) is 9.31. The Balaban J connectivity index is 1.80. The van der Waals surface area contributed by atoms with Crippen LogP contribution in [0, 0.1) is 13.8 Å². The number of aryl methyl sites for hydroxylation is 2. The van der Waals surface area contributed by atoms with Gasteiger partial charge in [0.05, 0.1) is 16.9 Å². The number of hydrogen-bond acceptors (Lipinski definition) is 5. The van der Waals surface area contributed by atoms with Crippen LogP contribution in [0.4, 0.5) is 4.79 Å². The normalized spacial score (nSPS) is 11.4. The van der Waals surface area contributed by atoms with Gasteiger partial charge in [0.2, 0.25) is 6.10 Å². The van der Waals surface area contributed by atoms with Crippen LogP contribution in [0.5, 0.6) is 0 Å². The predicted octanol–water partition coefficient (Wildman–Crippen LogP) is 2.84. The molecule has 0 fully saturated rings. The van der Waals surface area contributed by atoms with E-state index in [0.717, 1.165) is 17.1 Å². The molecule has 8 heteroatoms. The second kappa shape index (κ2) is 9.04. The molecule has 0 saturated carbocycles. The van der Waals surface area contributed by atoms with Gasteiger partial charge in [-0.05, 0) is 44.2 Å². The van der Waals surface area contributed by atoms with Gasteiger partial charge in [0.15, 0.2) is 0 Å². The summed E-state index contributed by atoms with van der Waals surface area (Å²) < 4.78 is 7.22. The molecule has 0 aliphatic heterocycles. The van der Waals surface area contributed by atoms with Crippen LogP contribution in [-0.4, -0.2) is 34.7 Å². The number of nitrogens with zero attached hydrogens (tertiary/aromatic N) is 2. The van der Waals surface area contributed by atoms with Crippen molar-refractivity contribution in [3.05, 3.63) is 83.2 Å². The number of carbonyl (C=O) groups is 3. The van der Waals surface area contributed by atoms with Crippen LogP contribution in [0.2, 0.25) is 0 Å². The molecule has 30 heavy (non-hydrogen) atoms. The third-order valence-corrected chi connectivity index (χ3v) is 4.39. The van der Waals surface area contributed by atoms with Gasteiger partial charge in [0.25, 0.3) is 5.91 Å². The van der Waals surface area contributed by atoms with Crippen LogP contribution < -0.4 is 10.6 Å². The number of ether oxygens (including phenoxy) is 1. The van der Waals surface area contributed by atoms with Gasteiger partial charge in [0, 0.05) is 18.3 Å². The average molecular weight is 406 g/mol. The lowest BCUT2D eigenvalue weighted by molar-refractivity contribution is -0.129. The molecular weight excluding hydrogens is 384 g/mol. The number of imide groups is 1. The summed E-state index contributed by atoms with van der Waals surface area (Å²) in [5, 5.41) is 8.85. The Bertz CT molecular complexity index is 1060. The Hall–Kier alpha value is -3.94. The first-order chi connectivity index (χ1) is 14.4. The molecule has 3 aromatic rings. The predicted molar refractivity (Wildman–Crippen MR) is 110 cm³/mol. The Labute approximate surface area is 173 Å². The maximum Gasteiger partial charge on any atom is 0.339 e. The molecule has 1 heterocycles. The Morgan fingerprint density at radius 1 is 1.00 bits per heavy atom. The van der Waals surface area contributed by atoms with Crippen molar-refractivity contribution in [2.75, 3.05) is 7.05 Å². The molecule has 1 aromatic heterocycles. The molecule has 3 rings (SSSR count). The molecular formula is C22H22N4O4. The molecule has 0 radical (unpaired) electrons. The van der Waals surface area contributed by atoms with E-state index in [-0.39, 0.29) is 5.56 Å². The van der Waals surface area contributed by atoms with Gasteiger partial charge in [-0.2, -0.15) is 5.10 Å². The minimum absolute atomic E-state index is 0.272. The van der Waals surface area contributed by atoms with Crippen LogP contribution in [0.25, 0.3) is 5.69 Å². The lowest BCUT2D eigenvalue weighted by Crippen LogP contribution is -2.41. The number of aromatic nitrogens is 2. The van der Waals surface area contributed by atoms with E-state index in [1.807, 2.05) is 19.9 Å².